The van der Waals surface area contributed by atoms with Crippen molar-refractivity contribution in [2.45, 2.75) is 32.6 Å². The molecule has 24 heavy (non-hydrogen) atoms. The second-order valence-corrected chi connectivity index (χ2v) is 7.08. The summed E-state index contributed by atoms with van der Waals surface area (Å²) < 4.78 is 5.10. The van der Waals surface area contributed by atoms with Gasteiger partial charge in [-0.15, -0.1) is 0 Å². The molecule has 0 radical (unpaired) electrons. The van der Waals surface area contributed by atoms with E-state index in [-0.39, 0.29) is 29.6 Å². The van der Waals surface area contributed by atoms with Gasteiger partial charge in [-0.05, 0) is 61.8 Å². The monoisotopic (exact) mass is 327 g/mol. The quantitative estimate of drug-likeness (QED) is 0.630. The van der Waals surface area contributed by atoms with Gasteiger partial charge in [0.25, 0.3) is 0 Å². The molecule has 2 amide bonds. The van der Waals surface area contributed by atoms with Crippen LogP contribution in [0.1, 0.15) is 43.0 Å². The molecule has 126 valence electrons. The lowest BCUT2D eigenvalue weighted by Crippen LogP contribution is -2.32. The van der Waals surface area contributed by atoms with E-state index >= 15 is 0 Å². The molecular weight excluding hydrogens is 306 g/mol. The average molecular weight is 327 g/mol. The molecule has 0 N–H and O–H groups in total. The summed E-state index contributed by atoms with van der Waals surface area (Å²) in [7, 11) is 0. The number of anilines is 1. The van der Waals surface area contributed by atoms with Crippen molar-refractivity contribution in [2.24, 2.45) is 23.7 Å². The maximum absolute atomic E-state index is 12.8. The van der Waals surface area contributed by atoms with Crippen LogP contribution in [0.4, 0.5) is 5.69 Å². The van der Waals surface area contributed by atoms with E-state index < -0.39 is 0 Å². The van der Waals surface area contributed by atoms with Crippen LogP contribution in [-0.2, 0) is 14.3 Å². The molecule has 1 aromatic carbocycles. The van der Waals surface area contributed by atoms with Gasteiger partial charge >= 0.3 is 5.97 Å². The number of fused-ring (bicyclic) bond motifs is 5. The van der Waals surface area contributed by atoms with Crippen molar-refractivity contribution in [3.63, 3.8) is 0 Å². The standard InChI is InChI=1S/C19H21NO4/c1-2-9-24-19(23)11-5-7-14(8-6-11)20-17(21)15-12-3-4-13(10-12)16(15)18(20)22/h5-8,12-13,15-16H,2-4,9-10H2,1H3/t12-,13-,15-,16-/m0/s1. The van der Waals surface area contributed by atoms with Crippen LogP contribution in [0.3, 0.4) is 0 Å². The zero-order chi connectivity index (χ0) is 16.8. The number of carbonyl (C=O) groups is 3. The molecule has 2 aliphatic carbocycles. The fourth-order valence-corrected chi connectivity index (χ4v) is 4.69. The molecule has 1 heterocycles. The van der Waals surface area contributed by atoms with Crippen molar-refractivity contribution in [1.82, 2.24) is 0 Å². The van der Waals surface area contributed by atoms with E-state index in [0.717, 1.165) is 25.7 Å². The van der Waals surface area contributed by atoms with Gasteiger partial charge in [0.2, 0.25) is 11.8 Å². The highest BCUT2D eigenvalue weighted by molar-refractivity contribution is 6.22. The Balaban J connectivity index is 1.55. The van der Waals surface area contributed by atoms with Crippen LogP contribution in [0.5, 0.6) is 0 Å². The minimum Gasteiger partial charge on any atom is -0.462 e. The third-order valence-electron chi connectivity index (χ3n) is 5.73. The average Bonchev–Trinajstić information content (AvgIpc) is 3.27. The predicted octanol–water partition coefficient (Wildman–Crippen LogP) is 2.79. The van der Waals surface area contributed by atoms with Gasteiger partial charge in [-0.3, -0.25) is 14.5 Å². The highest BCUT2D eigenvalue weighted by Crippen LogP contribution is 2.56. The minimum absolute atomic E-state index is 0.0569. The molecule has 3 fully saturated rings. The first-order valence-corrected chi connectivity index (χ1v) is 8.76. The van der Waals surface area contributed by atoms with E-state index in [4.69, 9.17) is 4.74 Å². The van der Waals surface area contributed by atoms with Crippen LogP contribution in [0.15, 0.2) is 24.3 Å². The molecule has 3 aliphatic rings. The number of hydrogen-bond acceptors (Lipinski definition) is 4. The Hall–Kier alpha value is -2.17. The number of imide groups is 1. The lowest BCUT2D eigenvalue weighted by atomic mass is 9.81. The number of hydrogen-bond donors (Lipinski definition) is 0. The summed E-state index contributed by atoms with van der Waals surface area (Å²) in [6.45, 7) is 2.32. The Morgan fingerprint density at radius 2 is 1.67 bits per heavy atom. The van der Waals surface area contributed by atoms with Crippen LogP contribution >= 0.6 is 0 Å². The normalized spacial score (nSPS) is 30.8. The zero-order valence-electron chi connectivity index (χ0n) is 13.7. The van der Waals surface area contributed by atoms with Gasteiger partial charge in [0.05, 0.1) is 29.7 Å². The highest BCUT2D eigenvalue weighted by atomic mass is 16.5. The Morgan fingerprint density at radius 1 is 1.08 bits per heavy atom. The van der Waals surface area contributed by atoms with Crippen molar-refractivity contribution in [1.29, 1.82) is 0 Å². The molecule has 4 rings (SSSR count). The number of carbonyl (C=O) groups excluding carboxylic acids is 3. The third-order valence-corrected chi connectivity index (χ3v) is 5.73. The number of nitrogens with zero attached hydrogens (tertiary/aromatic N) is 1. The summed E-state index contributed by atoms with van der Waals surface area (Å²) in [5.74, 6) is 0.0276. The van der Waals surface area contributed by atoms with E-state index in [1.165, 1.54) is 4.90 Å². The molecule has 1 aromatic rings. The molecule has 2 bridgehead atoms. The highest BCUT2D eigenvalue weighted by Gasteiger charge is 2.61. The fraction of sp³-hybridized carbons (Fsp3) is 0.526. The van der Waals surface area contributed by atoms with Gasteiger partial charge in [0.1, 0.15) is 0 Å². The first kappa shape index (κ1) is 15.4. The number of benzene rings is 1. The van der Waals surface area contributed by atoms with Crippen molar-refractivity contribution in [3.8, 4) is 0 Å². The number of esters is 1. The van der Waals surface area contributed by atoms with Crippen LogP contribution in [0.25, 0.3) is 0 Å². The summed E-state index contributed by atoms with van der Waals surface area (Å²) in [5, 5.41) is 0. The smallest absolute Gasteiger partial charge is 0.338 e. The van der Waals surface area contributed by atoms with E-state index in [1.54, 1.807) is 24.3 Å². The molecule has 1 saturated heterocycles. The lowest BCUT2D eigenvalue weighted by Gasteiger charge is -2.19. The van der Waals surface area contributed by atoms with Gasteiger partial charge in [0, 0.05) is 0 Å². The molecule has 5 heteroatoms. The van der Waals surface area contributed by atoms with Gasteiger partial charge in [-0.1, -0.05) is 6.92 Å². The number of rotatable bonds is 4. The largest absolute Gasteiger partial charge is 0.462 e. The molecule has 4 atom stereocenters. The summed E-state index contributed by atoms with van der Waals surface area (Å²) in [6.07, 6.45) is 3.94. The number of amides is 2. The van der Waals surface area contributed by atoms with Crippen LogP contribution in [0, 0.1) is 23.7 Å². The summed E-state index contributed by atoms with van der Waals surface area (Å²) in [5.41, 5.74) is 0.998. The van der Waals surface area contributed by atoms with Gasteiger partial charge < -0.3 is 4.74 Å². The molecule has 0 spiro atoms. The maximum Gasteiger partial charge on any atom is 0.338 e. The number of ether oxygens (including phenoxy) is 1. The summed E-state index contributed by atoms with van der Waals surface area (Å²) in [4.78, 5) is 38.7. The molecule has 1 aliphatic heterocycles. The van der Waals surface area contributed by atoms with Crippen molar-refractivity contribution in [2.75, 3.05) is 11.5 Å². The fourth-order valence-electron chi connectivity index (χ4n) is 4.69. The second kappa shape index (κ2) is 5.72. The van der Waals surface area contributed by atoms with Crippen molar-refractivity contribution < 1.29 is 19.1 Å². The zero-order valence-corrected chi connectivity index (χ0v) is 13.7. The molecular formula is C19H21NO4. The Kier molecular flexibility index (Phi) is 3.66. The minimum atomic E-state index is -0.377. The first-order valence-electron chi connectivity index (χ1n) is 8.76. The van der Waals surface area contributed by atoms with Gasteiger partial charge in [-0.2, -0.15) is 0 Å². The topological polar surface area (TPSA) is 63.7 Å². The SMILES string of the molecule is CCCOC(=O)c1ccc(N2C(=O)[C@H]3[C@H]4CC[C@@H](C4)[C@@H]3C2=O)cc1. The van der Waals surface area contributed by atoms with Crippen LogP contribution < -0.4 is 4.90 Å². The third kappa shape index (κ3) is 2.18. The molecule has 0 unspecified atom stereocenters. The molecule has 0 aromatic heterocycles. The van der Waals surface area contributed by atoms with E-state index in [2.05, 4.69) is 0 Å². The van der Waals surface area contributed by atoms with Crippen molar-refractivity contribution in [3.05, 3.63) is 29.8 Å². The lowest BCUT2D eigenvalue weighted by molar-refractivity contribution is -0.123. The maximum atomic E-state index is 12.8. The second-order valence-electron chi connectivity index (χ2n) is 7.08. The predicted molar refractivity (Wildman–Crippen MR) is 87.3 cm³/mol. The molecule has 2 saturated carbocycles. The van der Waals surface area contributed by atoms with Crippen molar-refractivity contribution >= 4 is 23.5 Å². The summed E-state index contributed by atoms with van der Waals surface area (Å²) in [6, 6.07) is 6.58. The summed E-state index contributed by atoms with van der Waals surface area (Å²) >= 11 is 0. The Morgan fingerprint density at radius 3 is 2.21 bits per heavy atom. The molecule has 5 nitrogen and oxygen atoms in total. The van der Waals surface area contributed by atoms with Gasteiger partial charge in [-0.25, -0.2) is 4.79 Å². The van der Waals surface area contributed by atoms with Crippen LogP contribution in [-0.4, -0.2) is 24.4 Å². The van der Waals surface area contributed by atoms with Gasteiger partial charge in [0.15, 0.2) is 0 Å². The van der Waals surface area contributed by atoms with E-state index in [1.807, 2.05) is 6.92 Å². The Bertz CT molecular complexity index is 668. The van der Waals surface area contributed by atoms with E-state index in [0.29, 0.717) is 29.7 Å². The first-order chi connectivity index (χ1) is 11.6. The Labute approximate surface area is 141 Å². The van der Waals surface area contributed by atoms with Crippen LogP contribution in [0.2, 0.25) is 0 Å². The van der Waals surface area contributed by atoms with E-state index in [9.17, 15) is 14.4 Å².